The van der Waals surface area contributed by atoms with Crippen LogP contribution in [0.4, 0.5) is 5.69 Å². The molecule has 0 saturated carbocycles. The number of ketones is 1. The van der Waals surface area contributed by atoms with Crippen LogP contribution >= 0.6 is 0 Å². The second kappa shape index (κ2) is 9.78. The number of amides is 1. The zero-order valence-corrected chi connectivity index (χ0v) is 17.9. The predicted molar refractivity (Wildman–Crippen MR) is 123 cm³/mol. The molecule has 6 nitrogen and oxygen atoms in total. The monoisotopic (exact) mass is 439 g/mol. The number of hydrogen-bond acceptors (Lipinski definition) is 5. The lowest BCUT2D eigenvalue weighted by atomic mass is 9.99. The minimum absolute atomic E-state index is 0.153. The van der Waals surface area contributed by atoms with E-state index < -0.39 is 18.0 Å². The Bertz CT molecular complexity index is 1260. The third kappa shape index (κ3) is 5.07. The van der Waals surface area contributed by atoms with Crippen LogP contribution in [0.5, 0.6) is 0 Å². The van der Waals surface area contributed by atoms with Gasteiger partial charge < -0.3 is 14.5 Å². The number of rotatable bonds is 7. The standard InChI is InChI=1S/C27H21NO5/c1-18-14-15-21(17-22(18)28-26(30)23-13-8-16-32-23)27(31)33-25(20-11-6-3-7-12-20)24(29)19-9-4-2-5-10-19/h2-17,25H,1H3,(H,28,30). The smallest absolute Gasteiger partial charge is 0.339 e. The van der Waals surface area contributed by atoms with E-state index in [1.165, 1.54) is 12.3 Å². The molecule has 1 atom stereocenters. The van der Waals surface area contributed by atoms with Crippen LogP contribution in [0.2, 0.25) is 0 Å². The number of benzene rings is 3. The molecule has 3 aromatic carbocycles. The fourth-order valence-corrected chi connectivity index (χ4v) is 3.30. The number of aryl methyl sites for hydroxylation is 1. The topological polar surface area (TPSA) is 85.6 Å². The SMILES string of the molecule is Cc1ccc(C(=O)OC(C(=O)c2ccccc2)c2ccccc2)cc1NC(=O)c1ccco1. The molecule has 0 aliphatic carbocycles. The number of ether oxygens (including phenoxy) is 1. The summed E-state index contributed by atoms with van der Waals surface area (Å²) in [7, 11) is 0. The molecule has 0 fully saturated rings. The van der Waals surface area contributed by atoms with Crippen molar-refractivity contribution in [3.8, 4) is 0 Å². The van der Waals surface area contributed by atoms with Crippen molar-refractivity contribution in [1.29, 1.82) is 0 Å². The highest BCUT2D eigenvalue weighted by Crippen LogP contribution is 2.25. The van der Waals surface area contributed by atoms with Gasteiger partial charge in [0.05, 0.1) is 11.8 Å². The molecule has 0 aliphatic rings. The predicted octanol–water partition coefficient (Wildman–Crippen LogP) is 5.62. The van der Waals surface area contributed by atoms with E-state index in [1.807, 2.05) is 12.1 Å². The van der Waals surface area contributed by atoms with Gasteiger partial charge in [-0.25, -0.2) is 4.79 Å². The summed E-state index contributed by atoms with van der Waals surface area (Å²) >= 11 is 0. The van der Waals surface area contributed by atoms with Crippen LogP contribution in [0.3, 0.4) is 0 Å². The van der Waals surface area contributed by atoms with E-state index >= 15 is 0 Å². The van der Waals surface area contributed by atoms with Crippen LogP contribution in [0.25, 0.3) is 0 Å². The molecule has 0 bridgehead atoms. The Morgan fingerprint density at radius 3 is 2.18 bits per heavy atom. The van der Waals surface area contributed by atoms with E-state index in [2.05, 4.69) is 5.32 Å². The molecule has 1 unspecified atom stereocenters. The Hall–Kier alpha value is -4.45. The van der Waals surface area contributed by atoms with E-state index in [-0.39, 0.29) is 17.1 Å². The number of nitrogens with one attached hydrogen (secondary N) is 1. The fourth-order valence-electron chi connectivity index (χ4n) is 3.30. The lowest BCUT2D eigenvalue weighted by Gasteiger charge is -2.18. The first-order valence-corrected chi connectivity index (χ1v) is 10.3. The van der Waals surface area contributed by atoms with Crippen LogP contribution in [0.1, 0.15) is 48.5 Å². The molecule has 1 amide bonds. The minimum atomic E-state index is -1.11. The quantitative estimate of drug-likeness (QED) is 0.298. The molecule has 4 aromatic rings. The van der Waals surface area contributed by atoms with Crippen molar-refractivity contribution < 1.29 is 23.5 Å². The molecule has 4 rings (SSSR count). The number of Topliss-reactive ketones (excluding diaryl/α,β-unsaturated/α-hetero) is 1. The highest BCUT2D eigenvalue weighted by Gasteiger charge is 2.27. The Morgan fingerprint density at radius 1 is 0.818 bits per heavy atom. The van der Waals surface area contributed by atoms with Gasteiger partial charge in [0.1, 0.15) is 0 Å². The summed E-state index contributed by atoms with van der Waals surface area (Å²) in [5.74, 6) is -1.29. The van der Waals surface area contributed by atoms with E-state index in [4.69, 9.17) is 9.15 Å². The summed E-state index contributed by atoms with van der Waals surface area (Å²) in [5.41, 5.74) is 2.41. The Balaban J connectivity index is 1.59. The van der Waals surface area contributed by atoms with Gasteiger partial charge in [-0.1, -0.05) is 66.7 Å². The van der Waals surface area contributed by atoms with Crippen LogP contribution in [-0.2, 0) is 4.74 Å². The van der Waals surface area contributed by atoms with Crippen molar-refractivity contribution in [2.24, 2.45) is 0 Å². The molecule has 33 heavy (non-hydrogen) atoms. The van der Waals surface area contributed by atoms with Gasteiger partial charge in [0.25, 0.3) is 5.91 Å². The largest absolute Gasteiger partial charge is 0.459 e. The van der Waals surface area contributed by atoms with E-state index in [0.29, 0.717) is 16.8 Å². The second-order valence-corrected chi connectivity index (χ2v) is 7.39. The van der Waals surface area contributed by atoms with Gasteiger partial charge in [0.15, 0.2) is 11.9 Å². The second-order valence-electron chi connectivity index (χ2n) is 7.39. The van der Waals surface area contributed by atoms with Crippen LogP contribution in [0, 0.1) is 6.92 Å². The average Bonchev–Trinajstić information content (AvgIpc) is 3.40. The first-order chi connectivity index (χ1) is 16.0. The zero-order valence-electron chi connectivity index (χ0n) is 17.9. The molecule has 0 aliphatic heterocycles. The van der Waals surface area contributed by atoms with Gasteiger partial charge in [-0.15, -0.1) is 0 Å². The summed E-state index contributed by atoms with van der Waals surface area (Å²) in [6.45, 7) is 1.80. The number of hydrogen-bond donors (Lipinski definition) is 1. The lowest BCUT2D eigenvalue weighted by molar-refractivity contribution is 0.0280. The third-order valence-electron chi connectivity index (χ3n) is 5.09. The van der Waals surface area contributed by atoms with E-state index in [1.54, 1.807) is 79.7 Å². The minimum Gasteiger partial charge on any atom is -0.459 e. The van der Waals surface area contributed by atoms with Gasteiger partial charge in [0.2, 0.25) is 5.78 Å². The lowest BCUT2D eigenvalue weighted by Crippen LogP contribution is -2.20. The summed E-state index contributed by atoms with van der Waals surface area (Å²) in [5, 5.41) is 2.73. The first kappa shape index (κ1) is 21.8. The molecular weight excluding hydrogens is 418 g/mol. The molecule has 0 spiro atoms. The summed E-state index contributed by atoms with van der Waals surface area (Å²) in [6.07, 6.45) is 0.298. The summed E-state index contributed by atoms with van der Waals surface area (Å²) in [6, 6.07) is 25.5. The maximum Gasteiger partial charge on any atom is 0.339 e. The number of esters is 1. The molecule has 0 saturated heterocycles. The summed E-state index contributed by atoms with van der Waals surface area (Å²) < 4.78 is 10.8. The fraction of sp³-hybridized carbons (Fsp3) is 0.0741. The normalized spacial score (nSPS) is 11.4. The Labute approximate surface area is 190 Å². The summed E-state index contributed by atoms with van der Waals surface area (Å²) in [4.78, 5) is 38.6. The molecule has 164 valence electrons. The van der Waals surface area contributed by atoms with Crippen molar-refractivity contribution in [3.63, 3.8) is 0 Å². The highest BCUT2D eigenvalue weighted by atomic mass is 16.5. The van der Waals surface area contributed by atoms with Gasteiger partial charge in [-0.2, -0.15) is 0 Å². The van der Waals surface area contributed by atoms with Gasteiger partial charge in [0, 0.05) is 16.8 Å². The van der Waals surface area contributed by atoms with E-state index in [9.17, 15) is 14.4 Å². The number of furan rings is 1. The molecule has 1 N–H and O–H groups in total. The highest BCUT2D eigenvalue weighted by molar-refractivity contribution is 6.04. The van der Waals surface area contributed by atoms with Crippen molar-refractivity contribution in [2.75, 3.05) is 5.32 Å². The van der Waals surface area contributed by atoms with E-state index in [0.717, 1.165) is 5.56 Å². The van der Waals surface area contributed by atoms with Crippen molar-refractivity contribution in [2.45, 2.75) is 13.0 Å². The number of carbonyl (C=O) groups is 3. The molecule has 0 radical (unpaired) electrons. The maximum atomic E-state index is 13.2. The maximum absolute atomic E-state index is 13.2. The van der Waals surface area contributed by atoms with Crippen LogP contribution in [-0.4, -0.2) is 17.7 Å². The Morgan fingerprint density at radius 2 is 1.52 bits per heavy atom. The first-order valence-electron chi connectivity index (χ1n) is 10.3. The molecule has 1 aromatic heterocycles. The van der Waals surface area contributed by atoms with Crippen LogP contribution in [0.15, 0.2) is 102 Å². The van der Waals surface area contributed by atoms with Gasteiger partial charge in [-0.05, 0) is 36.8 Å². The number of anilines is 1. The van der Waals surface area contributed by atoms with Crippen molar-refractivity contribution in [1.82, 2.24) is 0 Å². The number of carbonyl (C=O) groups excluding carboxylic acids is 3. The average molecular weight is 439 g/mol. The Kier molecular flexibility index (Phi) is 6.45. The van der Waals surface area contributed by atoms with Crippen LogP contribution < -0.4 is 5.32 Å². The van der Waals surface area contributed by atoms with Crippen molar-refractivity contribution in [3.05, 3.63) is 125 Å². The third-order valence-corrected chi connectivity index (χ3v) is 5.09. The molecule has 1 heterocycles. The van der Waals surface area contributed by atoms with Gasteiger partial charge in [-0.3, -0.25) is 9.59 Å². The molecule has 6 heteroatoms. The van der Waals surface area contributed by atoms with Gasteiger partial charge >= 0.3 is 5.97 Å². The van der Waals surface area contributed by atoms with Crippen molar-refractivity contribution >= 4 is 23.3 Å². The zero-order chi connectivity index (χ0) is 23.2. The molecular formula is C27H21NO5.